The molecule has 2 fully saturated rings. The van der Waals surface area contributed by atoms with Crippen LogP contribution in [0.25, 0.3) is 0 Å². The molecule has 1 aromatic carbocycles. The first-order valence-electron chi connectivity index (χ1n) is 6.45. The predicted octanol–water partition coefficient (Wildman–Crippen LogP) is 1.42. The van der Waals surface area contributed by atoms with E-state index in [0.717, 1.165) is 13.2 Å². The van der Waals surface area contributed by atoms with Crippen LogP contribution >= 0.6 is 0 Å². The number of epoxide rings is 2. The lowest BCUT2D eigenvalue weighted by Gasteiger charge is -2.00. The molecule has 4 rings (SSSR count). The molecule has 2 heterocycles. The van der Waals surface area contributed by atoms with Crippen LogP contribution in [-0.4, -0.2) is 38.6 Å². The topological polar surface area (TPSA) is 43.5 Å². The molecule has 4 heteroatoms. The van der Waals surface area contributed by atoms with Crippen molar-refractivity contribution in [2.45, 2.75) is 24.9 Å². The van der Waals surface area contributed by atoms with E-state index in [2.05, 4.69) is 18.2 Å². The molecular formula is C14H16O4. The summed E-state index contributed by atoms with van der Waals surface area (Å²) in [6, 6.07) is 6.44. The normalized spacial score (nSPS) is 31.0. The van der Waals surface area contributed by atoms with Gasteiger partial charge in [-0.2, -0.15) is 0 Å². The highest BCUT2D eigenvalue weighted by Gasteiger charge is 2.35. The second kappa shape index (κ2) is 4.31. The molecule has 0 N–H and O–H groups in total. The molecule has 4 nitrogen and oxygen atoms in total. The van der Waals surface area contributed by atoms with Gasteiger partial charge in [-0.05, 0) is 16.7 Å². The smallest absolute Gasteiger partial charge is 0.108 e. The standard InChI is InChI=1S/C14H16O4/c1-2-12-13(14(12)18-8-11-7-17-11)3-9(1)4-15-5-10-6-16-10/h1-3,10-11,14H,4-8H2. The fourth-order valence-corrected chi connectivity index (χ4v) is 2.13. The van der Waals surface area contributed by atoms with Crippen molar-refractivity contribution >= 4 is 0 Å². The van der Waals surface area contributed by atoms with Gasteiger partial charge in [0.15, 0.2) is 0 Å². The van der Waals surface area contributed by atoms with Gasteiger partial charge < -0.3 is 18.9 Å². The van der Waals surface area contributed by atoms with Crippen LogP contribution in [0.5, 0.6) is 0 Å². The van der Waals surface area contributed by atoms with Gasteiger partial charge in [-0.3, -0.25) is 0 Å². The van der Waals surface area contributed by atoms with Crippen LogP contribution in [0.3, 0.4) is 0 Å². The zero-order chi connectivity index (χ0) is 11.9. The molecule has 0 spiro atoms. The third-order valence-electron chi connectivity index (χ3n) is 3.46. The summed E-state index contributed by atoms with van der Waals surface area (Å²) in [6.45, 7) is 3.78. The molecule has 3 atom stereocenters. The Morgan fingerprint density at radius 3 is 2.61 bits per heavy atom. The first kappa shape index (κ1) is 10.9. The largest absolute Gasteiger partial charge is 0.374 e. The van der Waals surface area contributed by atoms with Crippen LogP contribution in [0.4, 0.5) is 0 Å². The molecule has 1 aromatic rings. The number of fused-ring (bicyclic) bond motifs is 1. The number of benzene rings is 1. The number of hydrogen-bond donors (Lipinski definition) is 0. The summed E-state index contributed by atoms with van der Waals surface area (Å²) in [6.07, 6.45) is 0.876. The summed E-state index contributed by atoms with van der Waals surface area (Å²) < 4.78 is 21.6. The third-order valence-corrected chi connectivity index (χ3v) is 3.46. The lowest BCUT2D eigenvalue weighted by Crippen LogP contribution is -2.01. The Kier molecular flexibility index (Phi) is 2.62. The van der Waals surface area contributed by atoms with E-state index in [1.54, 1.807) is 0 Å². The minimum absolute atomic E-state index is 0.203. The van der Waals surface area contributed by atoms with Gasteiger partial charge in [-0.25, -0.2) is 0 Å². The third kappa shape index (κ3) is 2.42. The van der Waals surface area contributed by atoms with Crippen LogP contribution in [-0.2, 0) is 25.6 Å². The van der Waals surface area contributed by atoms with Crippen molar-refractivity contribution in [1.82, 2.24) is 0 Å². The first-order chi connectivity index (χ1) is 8.90. The molecule has 0 radical (unpaired) electrons. The Labute approximate surface area is 106 Å². The van der Waals surface area contributed by atoms with E-state index >= 15 is 0 Å². The second-order valence-corrected chi connectivity index (χ2v) is 5.10. The van der Waals surface area contributed by atoms with Crippen molar-refractivity contribution in [2.75, 3.05) is 26.4 Å². The molecule has 0 amide bonds. The molecule has 96 valence electrons. The van der Waals surface area contributed by atoms with Crippen LogP contribution in [0, 0.1) is 0 Å². The molecule has 0 bridgehead atoms. The fourth-order valence-electron chi connectivity index (χ4n) is 2.13. The first-order valence-corrected chi connectivity index (χ1v) is 6.45. The van der Waals surface area contributed by atoms with Gasteiger partial charge in [-0.15, -0.1) is 0 Å². The van der Waals surface area contributed by atoms with Gasteiger partial charge in [0.05, 0.1) is 33.0 Å². The summed E-state index contributed by atoms with van der Waals surface area (Å²) in [7, 11) is 0. The highest BCUT2D eigenvalue weighted by molar-refractivity contribution is 5.51. The molecule has 3 aliphatic rings. The Morgan fingerprint density at radius 2 is 1.83 bits per heavy atom. The highest BCUT2D eigenvalue weighted by atomic mass is 16.6. The van der Waals surface area contributed by atoms with Gasteiger partial charge in [-0.1, -0.05) is 18.2 Å². The maximum absolute atomic E-state index is 5.77. The van der Waals surface area contributed by atoms with E-state index in [4.69, 9.17) is 18.9 Å². The molecule has 0 saturated carbocycles. The van der Waals surface area contributed by atoms with E-state index in [9.17, 15) is 0 Å². The summed E-state index contributed by atoms with van der Waals surface area (Å²) in [5, 5.41) is 0. The van der Waals surface area contributed by atoms with Gasteiger partial charge in [0, 0.05) is 0 Å². The maximum Gasteiger partial charge on any atom is 0.108 e. The van der Waals surface area contributed by atoms with E-state index < -0.39 is 0 Å². The van der Waals surface area contributed by atoms with Crippen molar-refractivity contribution in [3.63, 3.8) is 0 Å². The summed E-state index contributed by atoms with van der Waals surface area (Å²) >= 11 is 0. The Bertz CT molecular complexity index is 450. The number of hydrogen-bond acceptors (Lipinski definition) is 4. The summed E-state index contributed by atoms with van der Waals surface area (Å²) in [4.78, 5) is 0. The second-order valence-electron chi connectivity index (χ2n) is 5.10. The Morgan fingerprint density at radius 1 is 1.06 bits per heavy atom. The summed E-state index contributed by atoms with van der Waals surface area (Å²) in [5.74, 6) is 0. The van der Waals surface area contributed by atoms with Gasteiger partial charge in [0.2, 0.25) is 0 Å². The average Bonchev–Trinajstić information content (AvgIpc) is 3.20. The van der Waals surface area contributed by atoms with E-state index in [1.807, 2.05) is 0 Å². The van der Waals surface area contributed by atoms with Gasteiger partial charge in [0.25, 0.3) is 0 Å². The molecule has 3 unspecified atom stereocenters. The summed E-state index contributed by atoms with van der Waals surface area (Å²) in [5.41, 5.74) is 3.83. The Balaban J connectivity index is 1.28. The fraction of sp³-hybridized carbons (Fsp3) is 0.571. The number of rotatable bonds is 7. The molecular weight excluding hydrogens is 232 g/mol. The zero-order valence-corrected chi connectivity index (χ0v) is 10.1. The van der Waals surface area contributed by atoms with E-state index in [-0.39, 0.29) is 6.10 Å². The average molecular weight is 248 g/mol. The molecule has 1 aliphatic carbocycles. The van der Waals surface area contributed by atoms with Crippen LogP contribution in [0.15, 0.2) is 18.2 Å². The molecule has 0 aromatic heterocycles. The number of ether oxygens (including phenoxy) is 4. The van der Waals surface area contributed by atoms with E-state index in [0.29, 0.717) is 32.0 Å². The zero-order valence-electron chi connectivity index (χ0n) is 10.1. The quantitative estimate of drug-likeness (QED) is 0.684. The maximum atomic E-state index is 5.77. The Hall–Kier alpha value is -0.940. The van der Waals surface area contributed by atoms with Crippen molar-refractivity contribution in [3.05, 3.63) is 34.9 Å². The monoisotopic (exact) mass is 248 g/mol. The van der Waals surface area contributed by atoms with Gasteiger partial charge >= 0.3 is 0 Å². The van der Waals surface area contributed by atoms with Crippen LogP contribution < -0.4 is 0 Å². The minimum atomic E-state index is 0.203. The van der Waals surface area contributed by atoms with Crippen LogP contribution in [0.2, 0.25) is 0 Å². The van der Waals surface area contributed by atoms with E-state index in [1.165, 1.54) is 16.7 Å². The molecule has 18 heavy (non-hydrogen) atoms. The lowest BCUT2D eigenvalue weighted by atomic mass is 10.2. The SMILES string of the molecule is c1cc2c(cc1COCC1CO1)C2OCC1CO1. The van der Waals surface area contributed by atoms with Crippen molar-refractivity contribution in [3.8, 4) is 0 Å². The van der Waals surface area contributed by atoms with Crippen molar-refractivity contribution < 1.29 is 18.9 Å². The molecule has 2 saturated heterocycles. The van der Waals surface area contributed by atoms with Gasteiger partial charge in [0.1, 0.15) is 18.3 Å². The van der Waals surface area contributed by atoms with Crippen LogP contribution in [0.1, 0.15) is 22.8 Å². The van der Waals surface area contributed by atoms with Crippen molar-refractivity contribution in [2.24, 2.45) is 0 Å². The van der Waals surface area contributed by atoms with Crippen molar-refractivity contribution in [1.29, 1.82) is 0 Å². The predicted molar refractivity (Wildman–Crippen MR) is 63.4 cm³/mol. The highest BCUT2D eigenvalue weighted by Crippen LogP contribution is 2.45. The molecule has 2 aliphatic heterocycles. The lowest BCUT2D eigenvalue weighted by molar-refractivity contribution is 0.0939. The minimum Gasteiger partial charge on any atom is -0.374 e.